The van der Waals surface area contributed by atoms with Crippen LogP contribution in [-0.4, -0.2) is 43.1 Å². The van der Waals surface area contributed by atoms with Gasteiger partial charge in [-0.05, 0) is 46.1 Å². The number of benzene rings is 1. The SMILES string of the molecule is Cc1onc(-c2c(F)cccc2Cl)c1C(=O)NCCCN(C)C. The topological polar surface area (TPSA) is 58.4 Å². The molecule has 0 saturated carbocycles. The summed E-state index contributed by atoms with van der Waals surface area (Å²) in [6, 6.07) is 4.31. The molecule has 0 aliphatic rings. The summed E-state index contributed by atoms with van der Waals surface area (Å²) < 4.78 is 19.2. The van der Waals surface area contributed by atoms with Crippen molar-refractivity contribution in [2.24, 2.45) is 0 Å². The maximum atomic E-state index is 14.1. The average molecular weight is 340 g/mol. The largest absolute Gasteiger partial charge is 0.360 e. The standard InChI is InChI=1S/C16H19ClFN3O2/c1-10-13(16(22)19-8-5-9-21(2)3)15(20-23-10)14-11(17)6-4-7-12(14)18/h4,6-7H,5,8-9H2,1-3H3,(H,19,22). The highest BCUT2D eigenvalue weighted by atomic mass is 35.5. The zero-order valence-corrected chi connectivity index (χ0v) is 14.1. The van der Waals surface area contributed by atoms with Crippen molar-refractivity contribution < 1.29 is 13.7 Å². The number of carbonyl (C=O) groups is 1. The van der Waals surface area contributed by atoms with Crippen molar-refractivity contribution in [1.82, 2.24) is 15.4 Å². The van der Waals surface area contributed by atoms with Gasteiger partial charge in [-0.2, -0.15) is 0 Å². The van der Waals surface area contributed by atoms with Crippen LogP contribution in [-0.2, 0) is 0 Å². The Labute approximate surface area is 139 Å². The Bertz CT molecular complexity index is 680. The Hall–Kier alpha value is -1.92. The van der Waals surface area contributed by atoms with Crippen molar-refractivity contribution >= 4 is 17.5 Å². The van der Waals surface area contributed by atoms with Crippen molar-refractivity contribution in [3.05, 3.63) is 40.4 Å². The Balaban J connectivity index is 2.24. The van der Waals surface area contributed by atoms with Gasteiger partial charge >= 0.3 is 0 Å². The lowest BCUT2D eigenvalue weighted by Gasteiger charge is -2.10. The van der Waals surface area contributed by atoms with Crippen LogP contribution in [0, 0.1) is 12.7 Å². The molecule has 1 heterocycles. The zero-order valence-electron chi connectivity index (χ0n) is 13.3. The molecule has 0 bridgehead atoms. The maximum Gasteiger partial charge on any atom is 0.257 e. The lowest BCUT2D eigenvalue weighted by Crippen LogP contribution is -2.27. The summed E-state index contributed by atoms with van der Waals surface area (Å²) in [7, 11) is 3.93. The van der Waals surface area contributed by atoms with Gasteiger partial charge < -0.3 is 14.7 Å². The van der Waals surface area contributed by atoms with E-state index in [4.69, 9.17) is 16.1 Å². The molecule has 23 heavy (non-hydrogen) atoms. The van der Waals surface area contributed by atoms with Gasteiger partial charge in [0.15, 0.2) is 0 Å². The summed E-state index contributed by atoms with van der Waals surface area (Å²) in [5.41, 5.74) is 0.405. The first-order chi connectivity index (χ1) is 10.9. The monoisotopic (exact) mass is 339 g/mol. The number of hydrogen-bond donors (Lipinski definition) is 1. The van der Waals surface area contributed by atoms with Gasteiger partial charge in [0.1, 0.15) is 22.8 Å². The van der Waals surface area contributed by atoms with Crippen LogP contribution in [0.3, 0.4) is 0 Å². The van der Waals surface area contributed by atoms with Gasteiger partial charge in [0.05, 0.1) is 10.6 Å². The molecule has 2 aromatic rings. The average Bonchev–Trinajstić information content (AvgIpc) is 2.85. The van der Waals surface area contributed by atoms with E-state index >= 15 is 0 Å². The van der Waals surface area contributed by atoms with E-state index in [2.05, 4.69) is 10.5 Å². The molecule has 0 atom stereocenters. The van der Waals surface area contributed by atoms with E-state index in [-0.39, 0.29) is 27.8 Å². The molecular formula is C16H19ClFN3O2. The second-order valence-corrected chi connectivity index (χ2v) is 5.88. The molecule has 0 radical (unpaired) electrons. The van der Waals surface area contributed by atoms with Crippen LogP contribution in [0.4, 0.5) is 4.39 Å². The molecule has 124 valence electrons. The third kappa shape index (κ3) is 4.09. The Morgan fingerprint density at radius 2 is 2.17 bits per heavy atom. The molecule has 0 aliphatic heterocycles. The number of halogens is 2. The van der Waals surface area contributed by atoms with E-state index in [1.165, 1.54) is 12.1 Å². The van der Waals surface area contributed by atoms with Crippen molar-refractivity contribution in [2.75, 3.05) is 27.2 Å². The number of nitrogens with zero attached hydrogens (tertiary/aromatic N) is 2. The molecule has 0 saturated heterocycles. The normalized spacial score (nSPS) is 11.0. The maximum absolute atomic E-state index is 14.1. The Kier molecular flexibility index (Phi) is 5.74. The highest BCUT2D eigenvalue weighted by Crippen LogP contribution is 2.33. The summed E-state index contributed by atoms with van der Waals surface area (Å²) in [6.07, 6.45) is 0.804. The van der Waals surface area contributed by atoms with Gasteiger partial charge in [0.2, 0.25) is 0 Å². The lowest BCUT2D eigenvalue weighted by molar-refractivity contribution is 0.0951. The predicted octanol–water partition coefficient (Wildman–Crippen LogP) is 3.12. The van der Waals surface area contributed by atoms with Crippen LogP contribution in [0.25, 0.3) is 11.3 Å². The number of aryl methyl sites for hydroxylation is 1. The third-order valence-corrected chi connectivity index (χ3v) is 3.67. The minimum atomic E-state index is -0.549. The Morgan fingerprint density at radius 3 is 2.83 bits per heavy atom. The molecule has 0 spiro atoms. The molecule has 5 nitrogen and oxygen atoms in total. The van der Waals surface area contributed by atoms with Gasteiger partial charge in [-0.25, -0.2) is 4.39 Å². The fourth-order valence-corrected chi connectivity index (χ4v) is 2.47. The molecule has 0 fully saturated rings. The number of rotatable bonds is 6. The van der Waals surface area contributed by atoms with Crippen molar-refractivity contribution in [1.29, 1.82) is 0 Å². The van der Waals surface area contributed by atoms with Gasteiger partial charge in [-0.3, -0.25) is 4.79 Å². The molecule has 0 aliphatic carbocycles. The van der Waals surface area contributed by atoms with E-state index in [1.54, 1.807) is 13.0 Å². The lowest BCUT2D eigenvalue weighted by atomic mass is 10.0. The highest BCUT2D eigenvalue weighted by molar-refractivity contribution is 6.33. The zero-order chi connectivity index (χ0) is 17.0. The minimum absolute atomic E-state index is 0.0736. The van der Waals surface area contributed by atoms with Crippen LogP contribution in [0.15, 0.2) is 22.7 Å². The summed E-state index contributed by atoms with van der Waals surface area (Å²) >= 11 is 6.05. The molecule has 1 aromatic heterocycles. The number of amides is 1. The molecule has 0 unspecified atom stereocenters. The Morgan fingerprint density at radius 1 is 1.43 bits per heavy atom. The third-order valence-electron chi connectivity index (χ3n) is 3.36. The van der Waals surface area contributed by atoms with Crippen molar-refractivity contribution in [3.63, 3.8) is 0 Å². The summed E-state index contributed by atoms with van der Waals surface area (Å²) in [5, 5.41) is 6.80. The van der Waals surface area contributed by atoms with Gasteiger partial charge in [-0.15, -0.1) is 0 Å². The molecule has 7 heteroatoms. The van der Waals surface area contributed by atoms with Crippen LogP contribution >= 0.6 is 11.6 Å². The summed E-state index contributed by atoms with van der Waals surface area (Å²) in [4.78, 5) is 14.4. The number of aromatic nitrogens is 1. The van der Waals surface area contributed by atoms with Crippen LogP contribution in [0.1, 0.15) is 22.5 Å². The van der Waals surface area contributed by atoms with Gasteiger partial charge in [-0.1, -0.05) is 22.8 Å². The quantitative estimate of drug-likeness (QED) is 0.821. The number of carbonyl (C=O) groups excluding carboxylic acids is 1. The second-order valence-electron chi connectivity index (χ2n) is 5.47. The van der Waals surface area contributed by atoms with E-state index in [1.807, 2.05) is 19.0 Å². The van der Waals surface area contributed by atoms with Crippen LogP contribution < -0.4 is 5.32 Å². The molecule has 1 aromatic carbocycles. The number of nitrogens with one attached hydrogen (secondary N) is 1. The smallest absolute Gasteiger partial charge is 0.257 e. The fourth-order valence-electron chi connectivity index (χ4n) is 2.22. The minimum Gasteiger partial charge on any atom is -0.360 e. The first kappa shape index (κ1) is 17.4. The van der Waals surface area contributed by atoms with Crippen LogP contribution in [0.5, 0.6) is 0 Å². The van der Waals surface area contributed by atoms with Crippen LogP contribution in [0.2, 0.25) is 5.02 Å². The van der Waals surface area contributed by atoms with Gasteiger partial charge in [0, 0.05) is 6.54 Å². The van der Waals surface area contributed by atoms with Crippen molar-refractivity contribution in [2.45, 2.75) is 13.3 Å². The number of hydrogen-bond acceptors (Lipinski definition) is 4. The summed E-state index contributed by atoms with van der Waals surface area (Å²) in [5.74, 6) is -0.575. The second kappa shape index (κ2) is 7.57. The molecule has 2 rings (SSSR count). The van der Waals surface area contributed by atoms with Crippen molar-refractivity contribution in [3.8, 4) is 11.3 Å². The predicted molar refractivity (Wildman–Crippen MR) is 87.1 cm³/mol. The van der Waals surface area contributed by atoms with E-state index in [0.29, 0.717) is 12.3 Å². The van der Waals surface area contributed by atoms with E-state index in [0.717, 1.165) is 13.0 Å². The van der Waals surface area contributed by atoms with E-state index < -0.39 is 5.82 Å². The first-order valence-corrected chi connectivity index (χ1v) is 7.63. The van der Waals surface area contributed by atoms with Gasteiger partial charge in [0.25, 0.3) is 5.91 Å². The summed E-state index contributed by atoms with van der Waals surface area (Å²) in [6.45, 7) is 2.97. The molecule has 1 amide bonds. The highest BCUT2D eigenvalue weighted by Gasteiger charge is 2.25. The van der Waals surface area contributed by atoms with E-state index in [9.17, 15) is 9.18 Å². The molecular weight excluding hydrogens is 321 g/mol. The molecule has 1 N–H and O–H groups in total. The first-order valence-electron chi connectivity index (χ1n) is 7.25. The fraction of sp³-hybridized carbons (Fsp3) is 0.375.